The smallest absolute Gasteiger partial charge is 0.279 e. The number of rotatable bonds is 8. The van der Waals surface area contributed by atoms with E-state index < -0.39 is 15.7 Å². The van der Waals surface area contributed by atoms with Crippen LogP contribution in [0.25, 0.3) is 0 Å². The van der Waals surface area contributed by atoms with Gasteiger partial charge in [0.15, 0.2) is 33.8 Å². The SMILES string of the molecule is O=Cc1cnc(NC(=O)/C(=N/O[C@@H]2CCOC2)c2ccc(S(=O)(=O)C3CC3)cc2)cn1. The quantitative estimate of drug-likeness (QED) is 0.366. The van der Waals surface area contributed by atoms with Gasteiger partial charge in [-0.05, 0) is 25.0 Å². The van der Waals surface area contributed by atoms with Crippen LogP contribution in [0.15, 0.2) is 46.7 Å². The molecule has 1 N–H and O–H groups in total. The summed E-state index contributed by atoms with van der Waals surface area (Å²) in [6, 6.07) is 5.96. The van der Waals surface area contributed by atoms with Gasteiger partial charge in [0.25, 0.3) is 5.91 Å². The number of nitrogens with zero attached hydrogens (tertiary/aromatic N) is 3. The highest BCUT2D eigenvalue weighted by molar-refractivity contribution is 7.92. The van der Waals surface area contributed by atoms with Crippen molar-refractivity contribution in [2.24, 2.45) is 5.16 Å². The zero-order valence-corrected chi connectivity index (χ0v) is 17.2. The van der Waals surface area contributed by atoms with E-state index in [1.54, 1.807) is 0 Å². The number of oxime groups is 1. The average Bonchev–Trinajstić information content (AvgIpc) is 3.52. The molecule has 11 heteroatoms. The number of ether oxygens (including phenoxy) is 1. The fourth-order valence-electron chi connectivity index (χ4n) is 2.96. The van der Waals surface area contributed by atoms with Crippen molar-refractivity contribution in [3.63, 3.8) is 0 Å². The lowest BCUT2D eigenvalue weighted by molar-refractivity contribution is -0.110. The third kappa shape index (κ3) is 4.94. The largest absolute Gasteiger partial charge is 0.389 e. The van der Waals surface area contributed by atoms with E-state index in [1.165, 1.54) is 36.7 Å². The van der Waals surface area contributed by atoms with Gasteiger partial charge in [0, 0.05) is 12.0 Å². The number of amides is 1. The molecule has 1 aliphatic heterocycles. The number of aromatic nitrogens is 2. The molecule has 2 heterocycles. The topological polar surface area (TPSA) is 137 Å². The van der Waals surface area contributed by atoms with Crippen molar-refractivity contribution in [1.82, 2.24) is 9.97 Å². The standard InChI is InChI=1S/C20H20N4O6S/c25-11-14-9-22-18(10-21-14)23-20(26)19(24-30-15-7-8-29-12-15)13-1-3-16(4-2-13)31(27,28)17-5-6-17/h1-4,9-11,15,17H,5-8,12H2,(H,22,23,26)/b24-19+/t15-/m1/s1. The number of carbonyl (C=O) groups excluding carboxylic acids is 2. The van der Waals surface area contributed by atoms with Crippen LogP contribution in [0.5, 0.6) is 0 Å². The summed E-state index contributed by atoms with van der Waals surface area (Å²) in [7, 11) is -3.34. The first-order chi connectivity index (χ1) is 15.0. The summed E-state index contributed by atoms with van der Waals surface area (Å²) in [5.74, 6) is -0.495. The summed E-state index contributed by atoms with van der Waals surface area (Å²) in [5, 5.41) is 6.24. The molecule has 1 saturated carbocycles. The van der Waals surface area contributed by atoms with Gasteiger partial charge in [0.05, 0.1) is 35.8 Å². The van der Waals surface area contributed by atoms with Crippen LogP contribution in [-0.2, 0) is 24.2 Å². The summed E-state index contributed by atoms with van der Waals surface area (Å²) in [6.07, 6.45) is 4.72. The summed E-state index contributed by atoms with van der Waals surface area (Å²) in [6.45, 7) is 0.920. The van der Waals surface area contributed by atoms with Crippen molar-refractivity contribution in [2.75, 3.05) is 18.5 Å². The molecule has 1 amide bonds. The highest BCUT2D eigenvalue weighted by Crippen LogP contribution is 2.33. The molecule has 2 fully saturated rings. The van der Waals surface area contributed by atoms with Gasteiger partial charge in [0.1, 0.15) is 5.69 Å². The van der Waals surface area contributed by atoms with Gasteiger partial charge in [-0.1, -0.05) is 17.3 Å². The van der Waals surface area contributed by atoms with Gasteiger partial charge in [0.2, 0.25) is 0 Å². The van der Waals surface area contributed by atoms with Crippen molar-refractivity contribution < 1.29 is 27.6 Å². The lowest BCUT2D eigenvalue weighted by atomic mass is 10.1. The number of carbonyl (C=O) groups is 2. The van der Waals surface area contributed by atoms with Crippen LogP contribution in [0.1, 0.15) is 35.3 Å². The van der Waals surface area contributed by atoms with Gasteiger partial charge >= 0.3 is 0 Å². The van der Waals surface area contributed by atoms with Crippen LogP contribution in [0.4, 0.5) is 5.82 Å². The molecule has 10 nitrogen and oxygen atoms in total. The third-order valence-corrected chi connectivity index (χ3v) is 7.13. The highest BCUT2D eigenvalue weighted by atomic mass is 32.2. The molecule has 4 rings (SSSR count). The Balaban J connectivity index is 1.57. The molecule has 0 bridgehead atoms. The Kier molecular flexibility index (Phi) is 6.05. The minimum atomic E-state index is -3.34. The van der Waals surface area contributed by atoms with Gasteiger partial charge < -0.3 is 14.9 Å². The minimum absolute atomic E-state index is 0.0523. The van der Waals surface area contributed by atoms with E-state index in [2.05, 4.69) is 20.4 Å². The fraction of sp³-hybridized carbons (Fsp3) is 0.350. The van der Waals surface area contributed by atoms with Crippen LogP contribution in [0.2, 0.25) is 0 Å². The van der Waals surface area contributed by atoms with Gasteiger partial charge in [-0.3, -0.25) is 9.59 Å². The van der Waals surface area contributed by atoms with E-state index in [0.29, 0.717) is 44.3 Å². The predicted octanol–water partition coefficient (Wildman–Crippen LogP) is 1.37. The maximum absolute atomic E-state index is 12.9. The van der Waals surface area contributed by atoms with E-state index in [0.717, 1.165) is 0 Å². The second-order valence-electron chi connectivity index (χ2n) is 7.20. The highest BCUT2D eigenvalue weighted by Gasteiger charge is 2.36. The Bertz CT molecular complexity index is 1090. The predicted molar refractivity (Wildman–Crippen MR) is 110 cm³/mol. The normalized spacial score (nSPS) is 19.1. The molecule has 1 aromatic carbocycles. The maximum atomic E-state index is 12.9. The second kappa shape index (κ2) is 8.90. The van der Waals surface area contributed by atoms with Crippen molar-refractivity contribution in [3.8, 4) is 0 Å². The van der Waals surface area contributed by atoms with Crippen LogP contribution in [0, 0.1) is 0 Å². The zero-order valence-electron chi connectivity index (χ0n) is 16.4. The monoisotopic (exact) mass is 444 g/mol. The van der Waals surface area contributed by atoms with Crippen molar-refractivity contribution in [2.45, 2.75) is 35.5 Å². The summed E-state index contributed by atoms with van der Waals surface area (Å²) < 4.78 is 30.1. The first-order valence-electron chi connectivity index (χ1n) is 9.72. The average molecular weight is 444 g/mol. The number of anilines is 1. The summed E-state index contributed by atoms with van der Waals surface area (Å²) in [5.41, 5.74) is 0.455. The molecule has 0 unspecified atom stereocenters. The third-order valence-electron chi connectivity index (χ3n) is 4.85. The van der Waals surface area contributed by atoms with Gasteiger partial charge in [-0.25, -0.2) is 18.4 Å². The Labute approximate surface area is 178 Å². The minimum Gasteiger partial charge on any atom is -0.389 e. The molecule has 2 aromatic rings. The fourth-order valence-corrected chi connectivity index (χ4v) is 4.62. The maximum Gasteiger partial charge on any atom is 0.279 e. The first kappa shape index (κ1) is 21.1. The van der Waals surface area contributed by atoms with Crippen molar-refractivity contribution >= 4 is 33.6 Å². The first-order valence-corrected chi connectivity index (χ1v) is 11.3. The molecule has 0 spiro atoms. The van der Waals surface area contributed by atoms with E-state index in [1.807, 2.05) is 0 Å². The Morgan fingerprint density at radius 2 is 1.94 bits per heavy atom. The Morgan fingerprint density at radius 3 is 2.52 bits per heavy atom. The molecule has 1 atom stereocenters. The number of benzene rings is 1. The molecule has 31 heavy (non-hydrogen) atoms. The molecular weight excluding hydrogens is 424 g/mol. The number of nitrogens with one attached hydrogen (secondary N) is 1. The van der Waals surface area contributed by atoms with E-state index >= 15 is 0 Å². The van der Waals surface area contributed by atoms with E-state index in [9.17, 15) is 18.0 Å². The van der Waals surface area contributed by atoms with Crippen molar-refractivity contribution in [3.05, 3.63) is 47.9 Å². The molecule has 1 aliphatic carbocycles. The lowest BCUT2D eigenvalue weighted by Crippen LogP contribution is -2.26. The van der Waals surface area contributed by atoms with Gasteiger partial charge in [-0.15, -0.1) is 0 Å². The lowest BCUT2D eigenvalue weighted by Gasteiger charge is -2.11. The van der Waals surface area contributed by atoms with Gasteiger partial charge in [-0.2, -0.15) is 0 Å². The molecule has 1 aromatic heterocycles. The molecular formula is C20H20N4O6S. The van der Waals surface area contributed by atoms with E-state index in [4.69, 9.17) is 9.57 Å². The summed E-state index contributed by atoms with van der Waals surface area (Å²) >= 11 is 0. The number of sulfone groups is 1. The number of hydrogen-bond acceptors (Lipinski definition) is 9. The zero-order chi connectivity index (χ0) is 21.8. The van der Waals surface area contributed by atoms with E-state index in [-0.39, 0.29) is 33.5 Å². The number of aldehydes is 1. The van der Waals surface area contributed by atoms with Crippen LogP contribution in [0.3, 0.4) is 0 Å². The molecule has 1 saturated heterocycles. The van der Waals surface area contributed by atoms with Crippen LogP contribution < -0.4 is 5.32 Å². The second-order valence-corrected chi connectivity index (χ2v) is 9.43. The Morgan fingerprint density at radius 1 is 1.16 bits per heavy atom. The number of hydrogen-bond donors (Lipinski definition) is 1. The van der Waals surface area contributed by atoms with Crippen LogP contribution in [-0.4, -0.2) is 60.9 Å². The molecule has 2 aliphatic rings. The van der Waals surface area contributed by atoms with Crippen LogP contribution >= 0.6 is 0 Å². The molecule has 0 radical (unpaired) electrons. The summed E-state index contributed by atoms with van der Waals surface area (Å²) in [4.78, 5) is 37.1. The van der Waals surface area contributed by atoms with Crippen molar-refractivity contribution in [1.29, 1.82) is 0 Å². The Hall–Kier alpha value is -3.18. The molecule has 162 valence electrons.